The van der Waals surface area contributed by atoms with Gasteiger partial charge in [-0.05, 0) is 62.3 Å². The van der Waals surface area contributed by atoms with Gasteiger partial charge < -0.3 is 9.64 Å². The number of nitrogens with zero attached hydrogens (tertiary/aromatic N) is 2. The lowest BCUT2D eigenvalue weighted by Gasteiger charge is -2.30. The summed E-state index contributed by atoms with van der Waals surface area (Å²) in [5.74, 6) is 0.630. The number of sulfonamides is 1. The summed E-state index contributed by atoms with van der Waals surface area (Å²) < 4.78 is 34.0. The van der Waals surface area contributed by atoms with Crippen LogP contribution in [-0.4, -0.2) is 49.8 Å². The van der Waals surface area contributed by atoms with Crippen LogP contribution in [-0.2, 0) is 16.6 Å². The van der Waals surface area contributed by atoms with Gasteiger partial charge in [-0.15, -0.1) is 0 Å². The zero-order valence-corrected chi connectivity index (χ0v) is 20.4. The zero-order valence-electron chi connectivity index (χ0n) is 19.6. The highest BCUT2D eigenvalue weighted by atomic mass is 32.2. The third kappa shape index (κ3) is 5.41. The maximum Gasteiger partial charge on any atom is 0.254 e. The monoisotopic (exact) mass is 470 g/mol. The van der Waals surface area contributed by atoms with Crippen molar-refractivity contribution in [3.05, 3.63) is 59.7 Å². The second-order valence-electron chi connectivity index (χ2n) is 9.18. The maximum atomic E-state index is 13.7. The number of ether oxygens (including phenoxy) is 1. The predicted octanol–water partition coefficient (Wildman–Crippen LogP) is 4.70. The Labute approximate surface area is 197 Å². The van der Waals surface area contributed by atoms with E-state index in [1.807, 2.05) is 35.2 Å². The van der Waals surface area contributed by atoms with Crippen LogP contribution in [0.2, 0.25) is 0 Å². The normalized spacial score (nSPS) is 18.4. The number of rotatable bonds is 8. The first-order valence-corrected chi connectivity index (χ1v) is 13.4. The van der Waals surface area contributed by atoms with Gasteiger partial charge in [0.1, 0.15) is 10.6 Å². The van der Waals surface area contributed by atoms with Crippen molar-refractivity contribution in [2.75, 3.05) is 20.2 Å². The third-order valence-corrected chi connectivity index (χ3v) is 8.77. The van der Waals surface area contributed by atoms with Crippen LogP contribution in [0.25, 0.3) is 0 Å². The van der Waals surface area contributed by atoms with Gasteiger partial charge in [0.25, 0.3) is 5.91 Å². The van der Waals surface area contributed by atoms with Crippen molar-refractivity contribution in [3.8, 4) is 5.75 Å². The number of carbonyl (C=O) groups excluding carboxylic acids is 1. The molecule has 0 spiro atoms. The Kier molecular flexibility index (Phi) is 7.39. The van der Waals surface area contributed by atoms with Crippen molar-refractivity contribution in [1.29, 1.82) is 0 Å². The fourth-order valence-electron chi connectivity index (χ4n) is 4.61. The molecule has 0 radical (unpaired) electrons. The molecule has 2 aromatic carbocycles. The number of methoxy groups -OCH3 is 1. The van der Waals surface area contributed by atoms with Crippen molar-refractivity contribution >= 4 is 15.9 Å². The Morgan fingerprint density at radius 2 is 1.73 bits per heavy atom. The zero-order chi connectivity index (χ0) is 23.4. The highest BCUT2D eigenvalue weighted by Crippen LogP contribution is 2.37. The van der Waals surface area contributed by atoms with E-state index in [0.717, 1.165) is 44.1 Å². The van der Waals surface area contributed by atoms with Gasteiger partial charge in [-0.2, -0.15) is 4.31 Å². The van der Waals surface area contributed by atoms with Crippen LogP contribution in [0.4, 0.5) is 0 Å². The summed E-state index contributed by atoms with van der Waals surface area (Å²) in [6.07, 6.45) is 6.02. The number of hydrogen-bond donors (Lipinski definition) is 0. The molecule has 0 N–H and O–H groups in total. The number of carbonyl (C=O) groups is 1. The van der Waals surface area contributed by atoms with Gasteiger partial charge in [-0.25, -0.2) is 8.42 Å². The van der Waals surface area contributed by atoms with E-state index >= 15 is 0 Å². The lowest BCUT2D eigenvalue weighted by Crippen LogP contribution is -2.39. The molecule has 1 aliphatic carbocycles. The van der Waals surface area contributed by atoms with E-state index in [1.54, 1.807) is 16.4 Å². The lowest BCUT2D eigenvalue weighted by atomic mass is 10.1. The Hall–Kier alpha value is -2.38. The second kappa shape index (κ2) is 10.3. The van der Waals surface area contributed by atoms with E-state index in [9.17, 15) is 13.2 Å². The molecule has 1 amide bonds. The maximum absolute atomic E-state index is 13.7. The van der Waals surface area contributed by atoms with E-state index in [-0.39, 0.29) is 22.6 Å². The second-order valence-corrected chi connectivity index (χ2v) is 11.1. The third-order valence-electron chi connectivity index (χ3n) is 6.85. The molecule has 2 fully saturated rings. The van der Waals surface area contributed by atoms with Crippen molar-refractivity contribution in [1.82, 2.24) is 9.21 Å². The summed E-state index contributed by atoms with van der Waals surface area (Å²) in [5, 5.41) is 0. The highest BCUT2D eigenvalue weighted by molar-refractivity contribution is 7.89. The van der Waals surface area contributed by atoms with Crippen LogP contribution in [0.15, 0.2) is 53.4 Å². The van der Waals surface area contributed by atoms with Crippen LogP contribution in [0.1, 0.15) is 61.4 Å². The molecule has 7 heteroatoms. The van der Waals surface area contributed by atoms with Crippen LogP contribution >= 0.6 is 0 Å². The summed E-state index contributed by atoms with van der Waals surface area (Å²) in [7, 11) is -2.29. The van der Waals surface area contributed by atoms with E-state index in [4.69, 9.17) is 4.74 Å². The quantitative estimate of drug-likeness (QED) is 0.561. The van der Waals surface area contributed by atoms with E-state index in [0.29, 0.717) is 31.1 Å². The highest BCUT2D eigenvalue weighted by Gasteiger charge is 2.36. The Balaban J connectivity index is 1.67. The molecule has 6 nitrogen and oxygen atoms in total. The summed E-state index contributed by atoms with van der Waals surface area (Å²) in [6.45, 7) is 3.60. The fraction of sp³-hybridized carbons (Fsp3) is 0.500. The van der Waals surface area contributed by atoms with E-state index < -0.39 is 10.0 Å². The van der Waals surface area contributed by atoms with Gasteiger partial charge >= 0.3 is 0 Å². The average Bonchev–Trinajstić information content (AvgIpc) is 3.69. The molecule has 0 bridgehead atoms. The van der Waals surface area contributed by atoms with Gasteiger partial charge in [-0.1, -0.05) is 43.2 Å². The molecule has 1 atom stereocenters. The summed E-state index contributed by atoms with van der Waals surface area (Å²) in [5.41, 5.74) is 1.44. The first-order chi connectivity index (χ1) is 15.9. The molecule has 1 saturated heterocycles. The van der Waals surface area contributed by atoms with Gasteiger partial charge in [0.05, 0.1) is 7.11 Å². The van der Waals surface area contributed by atoms with Gasteiger partial charge in [0.2, 0.25) is 10.0 Å². The summed E-state index contributed by atoms with van der Waals surface area (Å²) in [6, 6.07) is 14.8. The van der Waals surface area contributed by atoms with Crippen LogP contribution in [0.5, 0.6) is 5.75 Å². The van der Waals surface area contributed by atoms with E-state index in [1.165, 1.54) is 13.2 Å². The minimum absolute atomic E-state index is 0.0801. The minimum atomic E-state index is -3.76. The molecule has 1 heterocycles. The number of benzene rings is 2. The minimum Gasteiger partial charge on any atom is -0.495 e. The fourth-order valence-corrected chi connectivity index (χ4v) is 6.31. The summed E-state index contributed by atoms with van der Waals surface area (Å²) >= 11 is 0. The molecule has 2 aromatic rings. The molecule has 33 heavy (non-hydrogen) atoms. The average molecular weight is 471 g/mol. The Morgan fingerprint density at radius 3 is 2.33 bits per heavy atom. The number of hydrogen-bond acceptors (Lipinski definition) is 4. The molecule has 1 unspecified atom stereocenters. The van der Waals surface area contributed by atoms with Crippen LogP contribution in [0, 0.1) is 5.92 Å². The topological polar surface area (TPSA) is 66.9 Å². The first kappa shape index (κ1) is 23.8. The smallest absolute Gasteiger partial charge is 0.254 e. The molecular weight excluding hydrogens is 436 g/mol. The molecule has 1 aliphatic heterocycles. The van der Waals surface area contributed by atoms with Gasteiger partial charge in [0.15, 0.2) is 0 Å². The molecule has 4 rings (SSSR count). The summed E-state index contributed by atoms with van der Waals surface area (Å²) in [4.78, 5) is 15.7. The van der Waals surface area contributed by atoms with Crippen molar-refractivity contribution < 1.29 is 17.9 Å². The molecule has 1 saturated carbocycles. The van der Waals surface area contributed by atoms with Gasteiger partial charge in [0, 0.05) is 31.2 Å². The van der Waals surface area contributed by atoms with E-state index in [2.05, 4.69) is 6.92 Å². The largest absolute Gasteiger partial charge is 0.495 e. The van der Waals surface area contributed by atoms with Gasteiger partial charge in [-0.3, -0.25) is 4.79 Å². The standard InChI is InChI=1S/C26H34N2O4S/c1-20(22-12-13-22)28(19-21-10-6-5-7-11-21)26(29)23-14-15-24(32-2)25(18-23)33(30,31)27-16-8-3-4-9-17-27/h5-7,10-11,14-15,18,20,22H,3-4,8-9,12-13,16-17,19H2,1-2H3. The van der Waals surface area contributed by atoms with Crippen molar-refractivity contribution in [3.63, 3.8) is 0 Å². The van der Waals surface area contributed by atoms with Crippen molar-refractivity contribution in [2.24, 2.45) is 5.92 Å². The van der Waals surface area contributed by atoms with Crippen LogP contribution in [0.3, 0.4) is 0 Å². The molecule has 0 aromatic heterocycles. The first-order valence-electron chi connectivity index (χ1n) is 11.9. The SMILES string of the molecule is COc1ccc(C(=O)N(Cc2ccccc2)C(C)C2CC2)cc1S(=O)(=O)N1CCCCCC1. The molecule has 178 valence electrons. The lowest BCUT2D eigenvalue weighted by molar-refractivity contribution is 0.0654. The number of amides is 1. The molecule has 2 aliphatic rings. The van der Waals surface area contributed by atoms with Crippen molar-refractivity contribution in [2.45, 2.75) is 62.9 Å². The van der Waals surface area contributed by atoms with Crippen LogP contribution < -0.4 is 4.74 Å². The molecular formula is C26H34N2O4S. The Bertz CT molecular complexity index is 1060. The Morgan fingerprint density at radius 1 is 1.06 bits per heavy atom. The predicted molar refractivity (Wildman–Crippen MR) is 129 cm³/mol.